The molecule has 3 rings (SSSR count). The van der Waals surface area contributed by atoms with E-state index < -0.39 is 10.8 Å². The number of nitrogens with one attached hydrogen (secondary N) is 1. The minimum Gasteiger partial charge on any atom is -0.494 e. The summed E-state index contributed by atoms with van der Waals surface area (Å²) in [5.74, 6) is -0.115. The number of non-ortho nitro benzene ring substituents is 1. The predicted octanol–water partition coefficient (Wildman–Crippen LogP) is 2.51. The Balaban J connectivity index is 1.95. The van der Waals surface area contributed by atoms with E-state index in [1.807, 2.05) is 6.92 Å². The van der Waals surface area contributed by atoms with Crippen LogP contribution in [0.25, 0.3) is 10.2 Å². The molecule has 24 heavy (non-hydrogen) atoms. The number of aryl methyl sites for hydroxylation is 2. The molecule has 0 aliphatic heterocycles. The third kappa shape index (κ3) is 2.78. The van der Waals surface area contributed by atoms with E-state index in [0.717, 1.165) is 17.0 Å². The summed E-state index contributed by atoms with van der Waals surface area (Å²) in [5, 5.41) is 18.0. The molecule has 0 atom stereocenters. The largest absolute Gasteiger partial charge is 0.494 e. The van der Waals surface area contributed by atoms with Crippen molar-refractivity contribution in [1.29, 1.82) is 0 Å². The number of nitro groups is 1. The van der Waals surface area contributed by atoms with E-state index in [1.54, 1.807) is 17.8 Å². The van der Waals surface area contributed by atoms with E-state index in [-0.39, 0.29) is 17.1 Å². The van der Waals surface area contributed by atoms with Crippen molar-refractivity contribution in [2.45, 2.75) is 6.92 Å². The van der Waals surface area contributed by atoms with E-state index >= 15 is 0 Å². The van der Waals surface area contributed by atoms with Gasteiger partial charge in [0.2, 0.25) is 0 Å². The van der Waals surface area contributed by atoms with Gasteiger partial charge in [-0.05, 0) is 13.0 Å². The number of anilines is 1. The molecule has 1 N–H and O–H groups in total. The number of benzene rings is 1. The number of carbonyl (C=O) groups is 1. The molecule has 0 radical (unpaired) electrons. The first-order valence-corrected chi connectivity index (χ1v) is 7.65. The van der Waals surface area contributed by atoms with Crippen LogP contribution in [0.3, 0.4) is 0 Å². The highest BCUT2D eigenvalue weighted by Gasteiger charge is 2.18. The Morgan fingerprint density at radius 1 is 1.42 bits per heavy atom. The van der Waals surface area contributed by atoms with Gasteiger partial charge in [-0.15, -0.1) is 0 Å². The van der Waals surface area contributed by atoms with Crippen LogP contribution in [0.15, 0.2) is 18.2 Å². The van der Waals surface area contributed by atoms with Crippen molar-refractivity contribution in [1.82, 2.24) is 14.8 Å². The standard InChI is InChI=1S/C14H13N5O4S/c1-7-4-9(17-18(7)2)13(20)16-14-15-12-10(23-3)5-8(19(21)22)6-11(12)24-14/h4-6H,1-3H3,(H,15,16,20). The van der Waals surface area contributed by atoms with Crippen LogP contribution in [0.2, 0.25) is 0 Å². The summed E-state index contributed by atoms with van der Waals surface area (Å²) < 4.78 is 7.30. The molecule has 2 heterocycles. The van der Waals surface area contributed by atoms with E-state index in [0.29, 0.717) is 15.3 Å². The molecule has 0 saturated carbocycles. The Bertz CT molecular complexity index is 942. The highest BCUT2D eigenvalue weighted by atomic mass is 32.1. The van der Waals surface area contributed by atoms with Crippen LogP contribution in [0.1, 0.15) is 16.2 Å². The number of rotatable bonds is 4. The van der Waals surface area contributed by atoms with E-state index in [4.69, 9.17) is 4.74 Å². The minimum atomic E-state index is -0.503. The van der Waals surface area contributed by atoms with Crippen LogP contribution >= 0.6 is 11.3 Å². The number of hydrogen-bond acceptors (Lipinski definition) is 7. The topological polar surface area (TPSA) is 112 Å². The lowest BCUT2D eigenvalue weighted by atomic mass is 10.3. The molecular weight excluding hydrogens is 334 g/mol. The quantitative estimate of drug-likeness (QED) is 0.573. The van der Waals surface area contributed by atoms with Crippen molar-refractivity contribution in [3.63, 3.8) is 0 Å². The lowest BCUT2D eigenvalue weighted by molar-refractivity contribution is -0.384. The first kappa shape index (κ1) is 15.9. The van der Waals surface area contributed by atoms with Crippen molar-refractivity contribution in [2.75, 3.05) is 12.4 Å². The lowest BCUT2D eigenvalue weighted by Gasteiger charge is -2.00. The highest BCUT2D eigenvalue weighted by molar-refractivity contribution is 7.22. The SMILES string of the molecule is COc1cc([N+](=O)[O-])cc2sc(NC(=O)c3cc(C)n(C)n3)nc12. The molecule has 0 spiro atoms. The Hall–Kier alpha value is -3.01. The monoisotopic (exact) mass is 347 g/mol. The Morgan fingerprint density at radius 2 is 2.17 bits per heavy atom. The van der Waals surface area contributed by atoms with Crippen LogP contribution < -0.4 is 10.1 Å². The maximum absolute atomic E-state index is 12.2. The van der Waals surface area contributed by atoms with Crippen LogP contribution in [0.4, 0.5) is 10.8 Å². The van der Waals surface area contributed by atoms with Gasteiger partial charge in [-0.25, -0.2) is 4.98 Å². The molecule has 0 aliphatic rings. The fourth-order valence-electron chi connectivity index (χ4n) is 2.13. The second-order valence-corrected chi connectivity index (χ2v) is 6.05. The molecule has 3 aromatic rings. The average molecular weight is 347 g/mol. The second kappa shape index (κ2) is 5.89. The molecule has 1 aromatic carbocycles. The first-order chi connectivity index (χ1) is 11.4. The Morgan fingerprint density at radius 3 is 2.75 bits per heavy atom. The zero-order valence-electron chi connectivity index (χ0n) is 13.1. The van der Waals surface area contributed by atoms with E-state index in [2.05, 4.69) is 15.4 Å². The molecule has 0 saturated heterocycles. The van der Waals surface area contributed by atoms with Gasteiger partial charge in [-0.2, -0.15) is 5.10 Å². The zero-order chi connectivity index (χ0) is 17.4. The maximum atomic E-state index is 12.2. The summed E-state index contributed by atoms with van der Waals surface area (Å²) in [7, 11) is 3.15. The Kier molecular flexibility index (Phi) is 3.89. The molecule has 1 amide bonds. The summed E-state index contributed by atoms with van der Waals surface area (Å²) in [5.41, 5.74) is 1.48. The van der Waals surface area contributed by atoms with Crippen LogP contribution in [0.5, 0.6) is 5.75 Å². The van der Waals surface area contributed by atoms with Crippen molar-refractivity contribution >= 4 is 38.3 Å². The first-order valence-electron chi connectivity index (χ1n) is 6.84. The van der Waals surface area contributed by atoms with Gasteiger partial charge in [0.15, 0.2) is 16.6 Å². The third-order valence-corrected chi connectivity index (χ3v) is 4.36. The number of aromatic nitrogens is 3. The summed E-state index contributed by atoms with van der Waals surface area (Å²) in [6, 6.07) is 4.36. The molecule has 10 heteroatoms. The van der Waals surface area contributed by atoms with Gasteiger partial charge in [-0.3, -0.25) is 24.9 Å². The van der Waals surface area contributed by atoms with Gasteiger partial charge in [-0.1, -0.05) is 11.3 Å². The molecular formula is C14H13N5O4S. The summed E-state index contributed by atoms with van der Waals surface area (Å²) in [6.45, 7) is 1.84. The van der Waals surface area contributed by atoms with Crippen molar-refractivity contribution < 1.29 is 14.5 Å². The predicted molar refractivity (Wildman–Crippen MR) is 88.7 cm³/mol. The van der Waals surface area contributed by atoms with Crippen molar-refractivity contribution in [3.05, 3.63) is 39.7 Å². The number of amides is 1. The number of nitrogens with zero attached hydrogens (tertiary/aromatic N) is 4. The fourth-order valence-corrected chi connectivity index (χ4v) is 3.04. The molecule has 2 aromatic heterocycles. The number of methoxy groups -OCH3 is 1. The van der Waals surface area contributed by atoms with E-state index in [1.165, 1.54) is 19.2 Å². The smallest absolute Gasteiger partial charge is 0.277 e. The van der Waals surface area contributed by atoms with E-state index in [9.17, 15) is 14.9 Å². The lowest BCUT2D eigenvalue weighted by Crippen LogP contribution is -2.12. The van der Waals surface area contributed by atoms with Gasteiger partial charge in [0.25, 0.3) is 11.6 Å². The zero-order valence-corrected chi connectivity index (χ0v) is 13.9. The second-order valence-electron chi connectivity index (χ2n) is 5.02. The van der Waals surface area contributed by atoms with Gasteiger partial charge < -0.3 is 4.74 Å². The molecule has 0 fully saturated rings. The van der Waals surface area contributed by atoms with Gasteiger partial charge in [0, 0.05) is 18.8 Å². The summed E-state index contributed by atoms with van der Waals surface area (Å²) in [6.07, 6.45) is 0. The molecule has 0 aliphatic carbocycles. The maximum Gasteiger partial charge on any atom is 0.277 e. The number of nitro benzene ring substituents is 1. The third-order valence-electron chi connectivity index (χ3n) is 3.44. The molecule has 124 valence electrons. The van der Waals surface area contributed by atoms with Gasteiger partial charge >= 0.3 is 0 Å². The van der Waals surface area contributed by atoms with Crippen molar-refractivity contribution in [2.24, 2.45) is 7.05 Å². The average Bonchev–Trinajstić information content (AvgIpc) is 3.09. The van der Waals surface area contributed by atoms with Crippen LogP contribution in [0, 0.1) is 17.0 Å². The molecule has 0 bridgehead atoms. The normalized spacial score (nSPS) is 10.8. The number of ether oxygens (including phenoxy) is 1. The number of carbonyl (C=O) groups excluding carboxylic acids is 1. The summed E-state index contributed by atoms with van der Waals surface area (Å²) >= 11 is 1.13. The fraction of sp³-hybridized carbons (Fsp3) is 0.214. The number of thiazole rings is 1. The van der Waals surface area contributed by atoms with Gasteiger partial charge in [0.05, 0.1) is 22.8 Å². The molecule has 0 unspecified atom stereocenters. The van der Waals surface area contributed by atoms with Gasteiger partial charge in [0.1, 0.15) is 5.52 Å². The Labute approximate surface area is 140 Å². The van der Waals surface area contributed by atoms with Crippen LogP contribution in [-0.4, -0.2) is 32.7 Å². The minimum absolute atomic E-state index is 0.0961. The molecule has 9 nitrogen and oxygen atoms in total. The van der Waals surface area contributed by atoms with Crippen molar-refractivity contribution in [3.8, 4) is 5.75 Å². The number of fused-ring (bicyclic) bond motifs is 1. The van der Waals surface area contributed by atoms with Crippen LogP contribution in [-0.2, 0) is 7.05 Å². The highest BCUT2D eigenvalue weighted by Crippen LogP contribution is 2.36. The number of hydrogen-bond donors (Lipinski definition) is 1. The summed E-state index contributed by atoms with van der Waals surface area (Å²) in [4.78, 5) is 27.0.